The molecule has 1 aromatic heterocycles. The summed E-state index contributed by atoms with van der Waals surface area (Å²) in [5.41, 5.74) is 1.57. The molecule has 6 nitrogen and oxygen atoms in total. The molecule has 8 heteroatoms. The lowest BCUT2D eigenvalue weighted by Gasteiger charge is -2.27. The first-order valence-electron chi connectivity index (χ1n) is 11.0. The number of thiazole rings is 1. The average molecular weight is 472 g/mol. The fraction of sp³-hybridized carbons (Fsp3) is 0.417. The topological polar surface area (TPSA) is 54.9 Å². The number of amides is 1. The molecular weight excluding hydrogens is 442 g/mol. The molecular formula is C24H29N3O3S2. The van der Waals surface area contributed by atoms with E-state index in [-0.39, 0.29) is 5.91 Å². The number of hydrogen-bond donors (Lipinski definition) is 0. The number of carbonyl (C=O) groups is 1. The van der Waals surface area contributed by atoms with Crippen LogP contribution < -0.4 is 9.64 Å². The van der Waals surface area contributed by atoms with Crippen molar-refractivity contribution >= 4 is 44.4 Å². The average Bonchev–Trinajstić information content (AvgIpc) is 3.25. The third-order valence-corrected chi connectivity index (χ3v) is 7.37. The molecule has 0 atom stereocenters. The van der Waals surface area contributed by atoms with Gasteiger partial charge in [0, 0.05) is 36.6 Å². The highest BCUT2D eigenvalue weighted by Crippen LogP contribution is 2.32. The molecule has 4 rings (SSSR count). The summed E-state index contributed by atoms with van der Waals surface area (Å²) in [5, 5.41) is 0.729. The fourth-order valence-electron chi connectivity index (χ4n) is 3.71. The molecule has 1 aliphatic heterocycles. The SMILES string of the molecule is CCSc1ccc(C(=O)N(CCCN2CCOCC2)c2nc3ccc(OC)cc3s2)cc1. The lowest BCUT2D eigenvalue weighted by Crippen LogP contribution is -2.39. The lowest BCUT2D eigenvalue weighted by atomic mass is 10.2. The number of methoxy groups -OCH3 is 1. The molecule has 1 fully saturated rings. The minimum absolute atomic E-state index is 0.00829. The summed E-state index contributed by atoms with van der Waals surface area (Å²) in [7, 11) is 1.66. The first-order valence-corrected chi connectivity index (χ1v) is 12.8. The van der Waals surface area contributed by atoms with Crippen molar-refractivity contribution < 1.29 is 14.3 Å². The zero-order chi connectivity index (χ0) is 22.3. The van der Waals surface area contributed by atoms with Crippen LogP contribution in [-0.2, 0) is 4.74 Å². The Bertz CT molecular complexity index is 1030. The molecule has 0 aliphatic carbocycles. The Balaban J connectivity index is 1.56. The van der Waals surface area contributed by atoms with E-state index in [4.69, 9.17) is 14.5 Å². The van der Waals surface area contributed by atoms with E-state index in [2.05, 4.69) is 11.8 Å². The van der Waals surface area contributed by atoms with E-state index in [9.17, 15) is 4.79 Å². The van der Waals surface area contributed by atoms with E-state index in [0.717, 1.165) is 66.1 Å². The molecule has 0 N–H and O–H groups in total. The Hall–Kier alpha value is -2.13. The molecule has 0 saturated carbocycles. The third-order valence-electron chi connectivity index (χ3n) is 5.43. The van der Waals surface area contributed by atoms with Gasteiger partial charge in [0.2, 0.25) is 0 Å². The number of nitrogens with zero attached hydrogens (tertiary/aromatic N) is 3. The molecule has 0 unspecified atom stereocenters. The van der Waals surface area contributed by atoms with Gasteiger partial charge in [-0.15, -0.1) is 11.8 Å². The number of anilines is 1. The van der Waals surface area contributed by atoms with Crippen LogP contribution in [0.2, 0.25) is 0 Å². The van der Waals surface area contributed by atoms with Gasteiger partial charge < -0.3 is 9.47 Å². The molecule has 170 valence electrons. The maximum absolute atomic E-state index is 13.5. The Labute approximate surface area is 197 Å². The highest BCUT2D eigenvalue weighted by Gasteiger charge is 2.22. The summed E-state index contributed by atoms with van der Waals surface area (Å²) in [6.45, 7) is 7.16. The summed E-state index contributed by atoms with van der Waals surface area (Å²) in [6.07, 6.45) is 0.884. The monoisotopic (exact) mass is 471 g/mol. The molecule has 1 saturated heterocycles. The molecule has 3 aromatic rings. The second-order valence-electron chi connectivity index (χ2n) is 7.55. The number of carbonyl (C=O) groups excluding carboxylic acids is 1. The van der Waals surface area contributed by atoms with E-state index < -0.39 is 0 Å². The number of benzene rings is 2. The maximum Gasteiger partial charge on any atom is 0.260 e. The number of ether oxygens (including phenoxy) is 2. The summed E-state index contributed by atoms with van der Waals surface area (Å²) < 4.78 is 11.8. The van der Waals surface area contributed by atoms with Gasteiger partial charge >= 0.3 is 0 Å². The van der Waals surface area contributed by atoms with Gasteiger partial charge in [-0.25, -0.2) is 4.98 Å². The van der Waals surface area contributed by atoms with Gasteiger partial charge in [-0.2, -0.15) is 0 Å². The van der Waals surface area contributed by atoms with Crippen molar-refractivity contribution in [3.05, 3.63) is 48.0 Å². The number of fused-ring (bicyclic) bond motifs is 1. The zero-order valence-corrected chi connectivity index (χ0v) is 20.2. The van der Waals surface area contributed by atoms with Crippen LogP contribution in [0.5, 0.6) is 5.75 Å². The Kier molecular flexibility index (Phi) is 8.02. The van der Waals surface area contributed by atoms with Gasteiger partial charge in [-0.05, 0) is 54.6 Å². The summed E-state index contributed by atoms with van der Waals surface area (Å²) in [5.74, 6) is 1.80. The van der Waals surface area contributed by atoms with Crippen LogP contribution in [-0.4, -0.2) is 68.0 Å². The normalized spacial score (nSPS) is 14.6. The zero-order valence-electron chi connectivity index (χ0n) is 18.6. The molecule has 2 heterocycles. The van der Waals surface area contributed by atoms with Crippen molar-refractivity contribution in [1.82, 2.24) is 9.88 Å². The maximum atomic E-state index is 13.5. The number of morpholine rings is 1. The predicted molar refractivity (Wildman–Crippen MR) is 133 cm³/mol. The van der Waals surface area contributed by atoms with Crippen LogP contribution in [0.3, 0.4) is 0 Å². The van der Waals surface area contributed by atoms with Gasteiger partial charge in [-0.1, -0.05) is 18.3 Å². The molecule has 2 aromatic carbocycles. The number of thioether (sulfide) groups is 1. The van der Waals surface area contributed by atoms with Crippen molar-refractivity contribution in [2.24, 2.45) is 0 Å². The number of rotatable bonds is 9. The van der Waals surface area contributed by atoms with Gasteiger partial charge in [0.1, 0.15) is 5.75 Å². The quantitative estimate of drug-likeness (QED) is 0.419. The predicted octanol–water partition coefficient (Wildman–Crippen LogP) is 4.79. The summed E-state index contributed by atoms with van der Waals surface area (Å²) >= 11 is 3.31. The Morgan fingerprint density at radius 2 is 2.00 bits per heavy atom. The van der Waals surface area contributed by atoms with Crippen molar-refractivity contribution in [3.63, 3.8) is 0 Å². The van der Waals surface area contributed by atoms with Crippen molar-refractivity contribution in [2.45, 2.75) is 18.2 Å². The van der Waals surface area contributed by atoms with Crippen LogP contribution in [0.15, 0.2) is 47.4 Å². The van der Waals surface area contributed by atoms with E-state index in [1.54, 1.807) is 18.9 Å². The molecule has 32 heavy (non-hydrogen) atoms. The first kappa shape index (κ1) is 23.0. The van der Waals surface area contributed by atoms with Crippen LogP contribution in [0.4, 0.5) is 5.13 Å². The number of hydrogen-bond acceptors (Lipinski definition) is 7. The van der Waals surface area contributed by atoms with Crippen LogP contribution in [0, 0.1) is 0 Å². The van der Waals surface area contributed by atoms with Gasteiger partial charge in [-0.3, -0.25) is 14.6 Å². The van der Waals surface area contributed by atoms with Crippen LogP contribution in [0.1, 0.15) is 23.7 Å². The van der Waals surface area contributed by atoms with Gasteiger partial charge in [0.05, 0.1) is 30.5 Å². The van der Waals surface area contributed by atoms with E-state index in [1.807, 2.05) is 47.4 Å². The molecule has 1 amide bonds. The smallest absolute Gasteiger partial charge is 0.260 e. The Morgan fingerprint density at radius 3 is 2.72 bits per heavy atom. The lowest BCUT2D eigenvalue weighted by molar-refractivity contribution is 0.0376. The Morgan fingerprint density at radius 1 is 1.22 bits per heavy atom. The molecule has 1 aliphatic rings. The van der Waals surface area contributed by atoms with Gasteiger partial charge in [0.15, 0.2) is 5.13 Å². The highest BCUT2D eigenvalue weighted by atomic mass is 32.2. The third kappa shape index (κ3) is 5.61. The van der Waals surface area contributed by atoms with Gasteiger partial charge in [0.25, 0.3) is 5.91 Å². The summed E-state index contributed by atoms with van der Waals surface area (Å²) in [6, 6.07) is 13.7. The van der Waals surface area contributed by atoms with E-state index >= 15 is 0 Å². The van der Waals surface area contributed by atoms with Crippen molar-refractivity contribution in [2.75, 3.05) is 57.2 Å². The first-order chi connectivity index (χ1) is 15.7. The number of aromatic nitrogens is 1. The standard InChI is InChI=1S/C24H29N3O3S2/c1-3-31-20-8-5-18(6-9-20)23(28)27(12-4-11-26-13-15-30-16-14-26)24-25-21-10-7-19(29-2)17-22(21)32-24/h5-10,17H,3-4,11-16H2,1-2H3. The second kappa shape index (κ2) is 11.1. The van der Waals surface area contributed by atoms with Crippen LogP contribution >= 0.6 is 23.1 Å². The minimum Gasteiger partial charge on any atom is -0.497 e. The molecule has 0 spiro atoms. The van der Waals surface area contributed by atoms with E-state index in [1.165, 1.54) is 16.2 Å². The fourth-order valence-corrected chi connectivity index (χ4v) is 5.39. The molecule has 0 bridgehead atoms. The van der Waals surface area contributed by atoms with Crippen LogP contribution in [0.25, 0.3) is 10.2 Å². The summed E-state index contributed by atoms with van der Waals surface area (Å²) in [4.78, 5) is 23.7. The molecule has 0 radical (unpaired) electrons. The highest BCUT2D eigenvalue weighted by molar-refractivity contribution is 7.99. The van der Waals surface area contributed by atoms with Crippen molar-refractivity contribution in [1.29, 1.82) is 0 Å². The largest absolute Gasteiger partial charge is 0.497 e. The van der Waals surface area contributed by atoms with Crippen molar-refractivity contribution in [3.8, 4) is 5.75 Å². The second-order valence-corrected chi connectivity index (χ2v) is 9.90. The minimum atomic E-state index is -0.00829. The van der Waals surface area contributed by atoms with E-state index in [0.29, 0.717) is 12.1 Å².